The first-order valence-electron chi connectivity index (χ1n) is 9.79. The molecular weight excluding hydrogens is 376 g/mol. The molecule has 1 fully saturated rings. The van der Waals surface area contributed by atoms with Gasteiger partial charge in [0.15, 0.2) is 0 Å². The molecule has 8 N–H and O–H groups in total. The van der Waals surface area contributed by atoms with Crippen molar-refractivity contribution in [3.05, 3.63) is 76.6 Å². The van der Waals surface area contributed by atoms with Crippen LogP contribution in [0.25, 0.3) is 11.6 Å². The molecule has 0 amide bonds. The smallest absolute Gasteiger partial charge is 0.0862 e. The highest BCUT2D eigenvalue weighted by atomic mass is 16.5. The Balaban J connectivity index is 1.81. The summed E-state index contributed by atoms with van der Waals surface area (Å²) in [6, 6.07) is 13.3. The summed E-state index contributed by atoms with van der Waals surface area (Å²) in [5, 5.41) is 16.0. The van der Waals surface area contributed by atoms with E-state index in [1.807, 2.05) is 12.1 Å². The fourth-order valence-electron chi connectivity index (χ4n) is 3.39. The molecule has 7 heteroatoms. The van der Waals surface area contributed by atoms with Crippen LogP contribution in [0, 0.1) is 10.8 Å². The predicted molar refractivity (Wildman–Crippen MR) is 123 cm³/mol. The maximum atomic E-state index is 8.53. The average molecular weight is 405 g/mol. The van der Waals surface area contributed by atoms with E-state index in [0.717, 1.165) is 44.6 Å². The van der Waals surface area contributed by atoms with Gasteiger partial charge >= 0.3 is 0 Å². The summed E-state index contributed by atoms with van der Waals surface area (Å²) in [5.74, 6) is 0. The zero-order chi connectivity index (χ0) is 21.5. The highest BCUT2D eigenvalue weighted by Gasteiger charge is 2.13. The second-order valence-corrected chi connectivity index (χ2v) is 7.18. The zero-order valence-corrected chi connectivity index (χ0v) is 16.9. The third kappa shape index (κ3) is 5.14. The summed E-state index contributed by atoms with van der Waals surface area (Å²) in [5.41, 5.74) is 22.7. The molecule has 2 aromatic rings. The van der Waals surface area contributed by atoms with Crippen molar-refractivity contribution in [3.63, 3.8) is 0 Å². The van der Waals surface area contributed by atoms with Crippen molar-refractivity contribution in [3.8, 4) is 0 Å². The van der Waals surface area contributed by atoms with Gasteiger partial charge in [0.25, 0.3) is 0 Å². The number of nitrogens with one attached hydrogen (secondary N) is 2. The van der Waals surface area contributed by atoms with Crippen LogP contribution in [-0.4, -0.2) is 43.1 Å². The Morgan fingerprint density at radius 2 is 1.90 bits per heavy atom. The first-order chi connectivity index (χ1) is 14.5. The van der Waals surface area contributed by atoms with E-state index in [2.05, 4.69) is 17.0 Å². The summed E-state index contributed by atoms with van der Waals surface area (Å²) < 4.78 is 5.40. The molecule has 30 heavy (non-hydrogen) atoms. The van der Waals surface area contributed by atoms with Crippen molar-refractivity contribution in [2.24, 2.45) is 11.5 Å². The number of nitrogen functional groups attached to an aromatic ring is 1. The number of nitrogens with two attached hydrogens (primary N) is 3. The quantitative estimate of drug-likeness (QED) is 0.356. The van der Waals surface area contributed by atoms with Crippen LogP contribution < -0.4 is 17.2 Å². The minimum atomic E-state index is 0.134. The summed E-state index contributed by atoms with van der Waals surface area (Å²) in [6.07, 6.45) is 4.30. The van der Waals surface area contributed by atoms with Gasteiger partial charge in [-0.3, -0.25) is 10.3 Å². The largest absolute Gasteiger partial charge is 0.404 e. The number of allylic oxidation sites excluding steroid dienone is 2. The van der Waals surface area contributed by atoms with Gasteiger partial charge in [0.1, 0.15) is 0 Å². The molecule has 156 valence electrons. The molecule has 0 aromatic heterocycles. The maximum absolute atomic E-state index is 8.53. The molecule has 0 saturated carbocycles. The van der Waals surface area contributed by atoms with Crippen LogP contribution >= 0.6 is 0 Å². The summed E-state index contributed by atoms with van der Waals surface area (Å²) in [7, 11) is 0. The molecule has 3 rings (SSSR count). The highest BCUT2D eigenvalue weighted by Crippen LogP contribution is 2.22. The lowest BCUT2D eigenvalue weighted by atomic mass is 9.98. The molecule has 0 radical (unpaired) electrons. The van der Waals surface area contributed by atoms with E-state index in [9.17, 15) is 0 Å². The maximum Gasteiger partial charge on any atom is 0.0862 e. The van der Waals surface area contributed by atoms with Crippen LogP contribution in [-0.2, 0) is 11.3 Å². The van der Waals surface area contributed by atoms with E-state index < -0.39 is 0 Å². The van der Waals surface area contributed by atoms with Crippen LogP contribution in [0.5, 0.6) is 0 Å². The number of ether oxygens (including phenoxy) is 1. The SMILES string of the molecule is N=CC(=CN)c1ccc(N)c(C(=N)/C(N)=C/c2cccc(CN3CCOCC3)c2)c1. The van der Waals surface area contributed by atoms with Gasteiger partial charge < -0.3 is 27.3 Å². The number of rotatable bonds is 7. The van der Waals surface area contributed by atoms with Crippen molar-refractivity contribution < 1.29 is 4.74 Å². The van der Waals surface area contributed by atoms with Crippen LogP contribution in [0.2, 0.25) is 0 Å². The lowest BCUT2D eigenvalue weighted by Crippen LogP contribution is -2.35. The van der Waals surface area contributed by atoms with Gasteiger partial charge in [-0.25, -0.2) is 0 Å². The lowest BCUT2D eigenvalue weighted by Gasteiger charge is -2.26. The molecule has 1 aliphatic rings. The van der Waals surface area contributed by atoms with E-state index in [-0.39, 0.29) is 5.71 Å². The van der Waals surface area contributed by atoms with Gasteiger partial charge in [0.05, 0.1) is 24.6 Å². The molecule has 0 bridgehead atoms. The number of anilines is 1. The van der Waals surface area contributed by atoms with Gasteiger partial charge in [-0.05, 0) is 34.9 Å². The molecule has 1 aliphatic heterocycles. The van der Waals surface area contributed by atoms with E-state index in [1.165, 1.54) is 11.8 Å². The Labute approximate surface area is 176 Å². The second kappa shape index (κ2) is 9.87. The Hall–Kier alpha value is -3.42. The normalized spacial score (nSPS) is 15.7. The van der Waals surface area contributed by atoms with Crippen LogP contribution in [0.15, 0.2) is 54.4 Å². The van der Waals surface area contributed by atoms with Crippen molar-refractivity contribution in [2.45, 2.75) is 6.54 Å². The lowest BCUT2D eigenvalue weighted by molar-refractivity contribution is 0.0342. The van der Waals surface area contributed by atoms with E-state index in [0.29, 0.717) is 28.1 Å². The summed E-state index contributed by atoms with van der Waals surface area (Å²) >= 11 is 0. The zero-order valence-electron chi connectivity index (χ0n) is 16.9. The Kier molecular flexibility index (Phi) is 7.00. The van der Waals surface area contributed by atoms with Crippen LogP contribution in [0.4, 0.5) is 5.69 Å². The molecule has 0 aliphatic carbocycles. The summed E-state index contributed by atoms with van der Waals surface area (Å²) in [6.45, 7) is 4.25. The minimum Gasteiger partial charge on any atom is -0.404 e. The predicted octanol–water partition coefficient (Wildman–Crippen LogP) is 2.42. The van der Waals surface area contributed by atoms with Crippen molar-refractivity contribution in [2.75, 3.05) is 32.0 Å². The van der Waals surface area contributed by atoms with Crippen molar-refractivity contribution in [1.82, 2.24) is 4.90 Å². The van der Waals surface area contributed by atoms with E-state index in [1.54, 1.807) is 24.3 Å². The Bertz CT molecular complexity index is 989. The average Bonchev–Trinajstić information content (AvgIpc) is 2.76. The number of nitrogens with zero attached hydrogens (tertiary/aromatic N) is 1. The third-order valence-electron chi connectivity index (χ3n) is 5.06. The molecule has 0 spiro atoms. The molecule has 0 unspecified atom stereocenters. The molecule has 1 saturated heterocycles. The Morgan fingerprint density at radius 3 is 2.60 bits per heavy atom. The second-order valence-electron chi connectivity index (χ2n) is 7.18. The van der Waals surface area contributed by atoms with Crippen LogP contribution in [0.3, 0.4) is 0 Å². The first-order valence-corrected chi connectivity index (χ1v) is 9.79. The Morgan fingerprint density at radius 1 is 1.13 bits per heavy atom. The third-order valence-corrected chi connectivity index (χ3v) is 5.06. The topological polar surface area (TPSA) is 138 Å². The van der Waals surface area contributed by atoms with Crippen molar-refractivity contribution in [1.29, 1.82) is 10.8 Å². The monoisotopic (exact) mass is 404 g/mol. The molecule has 0 atom stereocenters. The number of benzene rings is 2. The van der Waals surface area contributed by atoms with E-state index in [4.69, 9.17) is 32.8 Å². The molecule has 1 heterocycles. The molecule has 7 nitrogen and oxygen atoms in total. The van der Waals surface area contributed by atoms with Gasteiger partial charge in [0, 0.05) is 48.9 Å². The standard InChI is InChI=1S/C23H28N6O/c24-13-19(14-25)18-4-5-21(26)20(12-18)23(28)22(27)11-16-2-1-3-17(10-16)15-29-6-8-30-9-7-29/h1-5,10-14,24,28H,6-9,15,25-27H2/b19-14?,22-11-,24-13?,28-23?. The fraction of sp³-hybridized carbons (Fsp3) is 0.217. The van der Waals surface area contributed by atoms with Crippen LogP contribution in [0.1, 0.15) is 22.3 Å². The van der Waals surface area contributed by atoms with Gasteiger partial charge in [-0.15, -0.1) is 0 Å². The number of morpholine rings is 1. The minimum absolute atomic E-state index is 0.134. The van der Waals surface area contributed by atoms with Gasteiger partial charge in [0.2, 0.25) is 0 Å². The number of hydrogen-bond donors (Lipinski definition) is 5. The fourth-order valence-corrected chi connectivity index (χ4v) is 3.39. The highest BCUT2D eigenvalue weighted by molar-refractivity contribution is 6.16. The summed E-state index contributed by atoms with van der Waals surface area (Å²) in [4.78, 5) is 2.36. The van der Waals surface area contributed by atoms with Gasteiger partial charge in [-0.1, -0.05) is 30.3 Å². The first kappa shape index (κ1) is 21.3. The molecule has 2 aromatic carbocycles. The number of hydrogen-bond acceptors (Lipinski definition) is 7. The van der Waals surface area contributed by atoms with Gasteiger partial charge in [-0.2, -0.15) is 0 Å². The van der Waals surface area contributed by atoms with E-state index >= 15 is 0 Å². The molecular formula is C23H28N6O. The van der Waals surface area contributed by atoms with Crippen molar-refractivity contribution >= 4 is 29.3 Å².